The van der Waals surface area contributed by atoms with Crippen LogP contribution >= 0.6 is 0 Å². The highest BCUT2D eigenvalue weighted by molar-refractivity contribution is 5.38. The largest absolute Gasteiger partial charge is 0.508 e. The molecule has 0 radical (unpaired) electrons. The van der Waals surface area contributed by atoms with Crippen molar-refractivity contribution in [3.8, 4) is 5.75 Å². The van der Waals surface area contributed by atoms with Gasteiger partial charge in [-0.1, -0.05) is 42.0 Å². The third-order valence-corrected chi connectivity index (χ3v) is 6.76. The number of hydrogen-bond donors (Lipinski definition) is 1. The minimum absolute atomic E-state index is 0.322. The predicted octanol–water partition coefficient (Wildman–Crippen LogP) is 6.16. The summed E-state index contributed by atoms with van der Waals surface area (Å²) in [6, 6.07) is 15.8. The summed E-state index contributed by atoms with van der Waals surface area (Å²) in [6.45, 7) is 4.58. The molecule has 2 aromatic rings. The lowest BCUT2D eigenvalue weighted by Gasteiger charge is -2.57. The minimum atomic E-state index is 0.322. The van der Waals surface area contributed by atoms with Crippen LogP contribution in [-0.4, -0.2) is 5.11 Å². The molecule has 25 heavy (non-hydrogen) atoms. The molecule has 1 nitrogen and oxygen atoms in total. The smallest absolute Gasteiger partial charge is 0.115 e. The van der Waals surface area contributed by atoms with E-state index in [1.165, 1.54) is 24.8 Å². The van der Waals surface area contributed by atoms with Gasteiger partial charge in [-0.05, 0) is 98.8 Å². The van der Waals surface area contributed by atoms with Crippen LogP contribution < -0.4 is 0 Å². The second-order valence-corrected chi connectivity index (χ2v) is 8.85. The molecule has 0 atom stereocenters. The Morgan fingerprint density at radius 3 is 1.84 bits per heavy atom. The van der Waals surface area contributed by atoms with Crippen molar-refractivity contribution >= 4 is 0 Å². The van der Waals surface area contributed by atoms with E-state index in [0.717, 1.165) is 17.8 Å². The molecule has 6 rings (SSSR count). The van der Waals surface area contributed by atoms with E-state index in [-0.39, 0.29) is 0 Å². The molecule has 0 heterocycles. The first kappa shape index (κ1) is 16.7. The molecule has 0 aliphatic heterocycles. The van der Waals surface area contributed by atoms with Gasteiger partial charge in [0.1, 0.15) is 5.75 Å². The normalized spacial score (nSPS) is 32.2. The maximum atomic E-state index is 8.63. The molecule has 0 aromatic heterocycles. The van der Waals surface area contributed by atoms with Gasteiger partial charge in [0, 0.05) is 0 Å². The van der Waals surface area contributed by atoms with Crippen LogP contribution in [0.15, 0.2) is 48.5 Å². The van der Waals surface area contributed by atoms with E-state index >= 15 is 0 Å². The van der Waals surface area contributed by atoms with Crippen LogP contribution in [0.4, 0.5) is 0 Å². The van der Waals surface area contributed by atoms with Crippen molar-refractivity contribution in [3.05, 3.63) is 65.2 Å². The van der Waals surface area contributed by atoms with Crippen molar-refractivity contribution in [3.63, 3.8) is 0 Å². The van der Waals surface area contributed by atoms with Crippen molar-refractivity contribution in [2.75, 3.05) is 0 Å². The molecule has 1 heteroatoms. The maximum absolute atomic E-state index is 8.63. The Kier molecular flexibility index (Phi) is 4.35. The number of benzene rings is 2. The van der Waals surface area contributed by atoms with E-state index in [0.29, 0.717) is 11.2 Å². The Bertz CT molecular complexity index is 696. The fourth-order valence-corrected chi connectivity index (χ4v) is 6.18. The number of phenolic OH excluding ortho intramolecular Hbond substituents is 1. The standard InChI is InChI=1S/C18H24.C6H6O/c1-12-3-4-13(2)17(5-12)18-9-14-6-15(10-18)8-16(7-14)11-18;7-6-4-2-1-3-5-6/h3-5,14-16H,6-11H2,1-2H3;1-5,7H. The maximum Gasteiger partial charge on any atom is 0.115 e. The van der Waals surface area contributed by atoms with Crippen molar-refractivity contribution < 1.29 is 5.11 Å². The molecular weight excluding hydrogens is 304 g/mol. The van der Waals surface area contributed by atoms with Gasteiger partial charge < -0.3 is 5.11 Å². The third-order valence-electron chi connectivity index (χ3n) is 6.76. The Labute approximate surface area is 152 Å². The van der Waals surface area contributed by atoms with E-state index in [2.05, 4.69) is 32.0 Å². The van der Waals surface area contributed by atoms with Gasteiger partial charge in [0.2, 0.25) is 0 Å². The zero-order chi connectivity index (χ0) is 17.4. The van der Waals surface area contributed by atoms with Crippen LogP contribution in [0.25, 0.3) is 0 Å². The quantitative estimate of drug-likeness (QED) is 0.662. The lowest BCUT2D eigenvalue weighted by molar-refractivity contribution is -0.00548. The van der Waals surface area contributed by atoms with Gasteiger partial charge in [-0.3, -0.25) is 0 Å². The highest BCUT2D eigenvalue weighted by Gasteiger charge is 2.51. The Hall–Kier alpha value is -1.76. The highest BCUT2D eigenvalue weighted by atomic mass is 16.3. The Morgan fingerprint density at radius 2 is 1.36 bits per heavy atom. The average molecular weight is 335 g/mol. The first-order chi connectivity index (χ1) is 12.0. The molecule has 0 unspecified atom stereocenters. The molecular formula is C24H30O. The molecule has 4 aliphatic rings. The van der Waals surface area contributed by atoms with E-state index < -0.39 is 0 Å². The molecule has 132 valence electrons. The fraction of sp³-hybridized carbons (Fsp3) is 0.500. The lowest BCUT2D eigenvalue weighted by Crippen LogP contribution is -2.48. The van der Waals surface area contributed by atoms with Gasteiger partial charge in [0.25, 0.3) is 0 Å². The fourth-order valence-electron chi connectivity index (χ4n) is 6.18. The number of hydrogen-bond acceptors (Lipinski definition) is 1. The predicted molar refractivity (Wildman–Crippen MR) is 104 cm³/mol. The zero-order valence-electron chi connectivity index (χ0n) is 15.5. The van der Waals surface area contributed by atoms with Gasteiger partial charge in [-0.15, -0.1) is 0 Å². The molecule has 4 bridgehead atoms. The first-order valence-corrected chi connectivity index (χ1v) is 9.86. The first-order valence-electron chi connectivity index (χ1n) is 9.86. The van der Waals surface area contributed by atoms with Crippen molar-refractivity contribution in [1.82, 2.24) is 0 Å². The van der Waals surface area contributed by atoms with Crippen molar-refractivity contribution in [2.45, 2.75) is 57.8 Å². The number of aromatic hydroxyl groups is 1. The summed E-state index contributed by atoms with van der Waals surface area (Å²) in [5.41, 5.74) is 5.28. The van der Waals surface area contributed by atoms with Crippen LogP contribution in [0, 0.1) is 31.6 Å². The molecule has 2 aromatic carbocycles. The molecule has 0 spiro atoms. The summed E-state index contributed by atoms with van der Waals surface area (Å²) in [4.78, 5) is 0. The number of phenols is 1. The van der Waals surface area contributed by atoms with E-state index in [1.54, 1.807) is 54.7 Å². The van der Waals surface area contributed by atoms with Crippen molar-refractivity contribution in [2.24, 2.45) is 17.8 Å². The SMILES string of the molecule is Cc1ccc(C)c(C23CC4CC(CC(C4)C2)C3)c1.Oc1ccccc1. The Balaban J connectivity index is 0.000000190. The molecule has 4 saturated carbocycles. The topological polar surface area (TPSA) is 20.2 Å². The van der Waals surface area contributed by atoms with E-state index in [1.807, 2.05) is 6.07 Å². The van der Waals surface area contributed by atoms with Gasteiger partial charge >= 0.3 is 0 Å². The number of aryl methyl sites for hydroxylation is 2. The summed E-state index contributed by atoms with van der Waals surface area (Å²) in [5, 5.41) is 8.63. The minimum Gasteiger partial charge on any atom is -0.508 e. The molecule has 4 aliphatic carbocycles. The van der Waals surface area contributed by atoms with Crippen LogP contribution in [0.1, 0.15) is 55.2 Å². The second-order valence-electron chi connectivity index (χ2n) is 8.85. The summed E-state index contributed by atoms with van der Waals surface area (Å²) in [6.07, 6.45) is 9.11. The third kappa shape index (κ3) is 3.34. The zero-order valence-corrected chi connectivity index (χ0v) is 15.5. The summed E-state index contributed by atoms with van der Waals surface area (Å²) < 4.78 is 0. The second kappa shape index (κ2) is 6.52. The molecule has 1 N–H and O–H groups in total. The number of rotatable bonds is 1. The van der Waals surface area contributed by atoms with Gasteiger partial charge in [0.05, 0.1) is 0 Å². The Morgan fingerprint density at radius 1 is 0.800 bits per heavy atom. The summed E-state index contributed by atoms with van der Waals surface area (Å²) in [7, 11) is 0. The highest BCUT2D eigenvalue weighted by Crippen LogP contribution is 2.61. The average Bonchev–Trinajstić information content (AvgIpc) is 2.57. The molecule has 0 amide bonds. The molecule has 4 fully saturated rings. The molecule has 0 saturated heterocycles. The lowest BCUT2D eigenvalue weighted by atomic mass is 9.47. The van der Waals surface area contributed by atoms with Crippen LogP contribution in [0.2, 0.25) is 0 Å². The monoisotopic (exact) mass is 334 g/mol. The van der Waals surface area contributed by atoms with E-state index in [9.17, 15) is 0 Å². The van der Waals surface area contributed by atoms with Gasteiger partial charge in [-0.25, -0.2) is 0 Å². The summed E-state index contributed by atoms with van der Waals surface area (Å²) in [5.74, 6) is 3.48. The van der Waals surface area contributed by atoms with Crippen LogP contribution in [0.3, 0.4) is 0 Å². The van der Waals surface area contributed by atoms with Crippen LogP contribution in [0.5, 0.6) is 5.75 Å². The van der Waals surface area contributed by atoms with Crippen LogP contribution in [-0.2, 0) is 5.41 Å². The number of para-hydroxylation sites is 1. The van der Waals surface area contributed by atoms with Gasteiger partial charge in [0.15, 0.2) is 0 Å². The van der Waals surface area contributed by atoms with Gasteiger partial charge in [-0.2, -0.15) is 0 Å². The van der Waals surface area contributed by atoms with Crippen molar-refractivity contribution in [1.29, 1.82) is 0 Å². The summed E-state index contributed by atoms with van der Waals surface area (Å²) >= 11 is 0. The van der Waals surface area contributed by atoms with E-state index in [4.69, 9.17) is 5.11 Å².